The van der Waals surface area contributed by atoms with E-state index in [1.165, 1.54) is 47.7 Å². The number of nitrogens with one attached hydrogen (secondary N) is 1. The van der Waals surface area contributed by atoms with Gasteiger partial charge in [-0.25, -0.2) is 4.79 Å². The average molecular weight is 960 g/mol. The minimum atomic E-state index is -1.86. The molecule has 2 N–H and O–H groups in total. The van der Waals surface area contributed by atoms with Gasteiger partial charge in [-0.15, -0.1) is 11.8 Å². The van der Waals surface area contributed by atoms with Gasteiger partial charge in [-0.1, -0.05) is 42.3 Å². The second kappa shape index (κ2) is 21.2. The number of methoxy groups -OCH3 is 2. The number of rotatable bonds is 12. The maximum atomic E-state index is 14.2. The summed E-state index contributed by atoms with van der Waals surface area (Å²) in [4.78, 5) is 96.0. The monoisotopic (exact) mass is 958 g/mol. The Hall–Kier alpha value is -4.49. The van der Waals surface area contributed by atoms with Crippen LogP contribution in [0, 0.1) is 17.8 Å². The minimum absolute atomic E-state index is 0.0196. The molecule has 0 spiro atoms. The van der Waals surface area contributed by atoms with Crippen molar-refractivity contribution in [1.82, 2.24) is 15.1 Å². The van der Waals surface area contributed by atoms with Crippen molar-refractivity contribution in [3.05, 3.63) is 46.5 Å². The molecule has 3 saturated heterocycles. The standard InChI is InChI=1S/C47H63ClN4O13S/c1-26-10-9-11-36(62-8)47(60)23-34(63-45(59)49-47)27(2)43-46(4,65-43)37(22-39(55)51(6)32-19-30(18-26)20-33(61-7)42(32)48)64-41(57)25-50(5)38(54)16-17-66-35-21-40(56)52(44(35)58)24-29-12-14-31(15-13-29)28(3)53/h9-11,19-20,27,29,31,34-37,43,60H,12-18,21-25H2,1-8H3,(H,49,59)/b11-9+,26-10+/t27-,29?,31?,34+,35-,36-,37+,43+,46+,47+/m1/s1. The lowest BCUT2D eigenvalue weighted by atomic mass is 9.80. The first-order valence-corrected chi connectivity index (χ1v) is 23.9. The van der Waals surface area contributed by atoms with Crippen LogP contribution in [-0.2, 0) is 54.1 Å². The Kier molecular flexibility index (Phi) is 16.4. The van der Waals surface area contributed by atoms with Gasteiger partial charge in [0, 0.05) is 64.6 Å². The number of anilines is 1. The van der Waals surface area contributed by atoms with Crippen LogP contribution in [0.25, 0.3) is 0 Å². The van der Waals surface area contributed by atoms with Crippen LogP contribution in [0.3, 0.4) is 0 Å². The molecule has 1 aliphatic carbocycles. The molecule has 1 aromatic rings. The molecule has 4 bridgehead atoms. The number of carbonyl (C=O) groups excluding carboxylic acids is 7. The van der Waals surface area contributed by atoms with Crippen LogP contribution in [0.2, 0.25) is 5.02 Å². The van der Waals surface area contributed by atoms with Gasteiger partial charge in [-0.05, 0) is 76.5 Å². The molecule has 0 radical (unpaired) electrons. The van der Waals surface area contributed by atoms with Gasteiger partial charge < -0.3 is 38.6 Å². The maximum absolute atomic E-state index is 14.2. The molecule has 4 aliphatic heterocycles. The highest BCUT2D eigenvalue weighted by Crippen LogP contribution is 2.49. The third-order valence-electron chi connectivity index (χ3n) is 13.7. The van der Waals surface area contributed by atoms with E-state index in [-0.39, 0.29) is 65.9 Å². The highest BCUT2D eigenvalue weighted by molar-refractivity contribution is 8.00. The summed E-state index contributed by atoms with van der Waals surface area (Å²) in [5.41, 5.74) is -1.11. The van der Waals surface area contributed by atoms with Crippen molar-refractivity contribution in [2.45, 2.75) is 126 Å². The number of amides is 5. The van der Waals surface area contributed by atoms with Gasteiger partial charge in [0.15, 0.2) is 5.72 Å². The number of thioether (sulfide) groups is 1. The smallest absolute Gasteiger partial charge is 0.409 e. The summed E-state index contributed by atoms with van der Waals surface area (Å²) in [6.07, 6.45) is 3.66. The number of hydrogen-bond donors (Lipinski definition) is 2. The number of imide groups is 1. The van der Waals surface area contributed by atoms with Gasteiger partial charge in [0.25, 0.3) is 0 Å². The van der Waals surface area contributed by atoms with Gasteiger partial charge in [-0.2, -0.15) is 0 Å². The van der Waals surface area contributed by atoms with E-state index in [4.69, 9.17) is 35.3 Å². The first-order valence-electron chi connectivity index (χ1n) is 22.5. The first kappa shape index (κ1) is 50.9. The van der Waals surface area contributed by atoms with Gasteiger partial charge in [0.1, 0.15) is 47.0 Å². The summed E-state index contributed by atoms with van der Waals surface area (Å²) < 4.78 is 29.2. The number of hydrogen-bond acceptors (Lipinski definition) is 14. The quantitative estimate of drug-likeness (QED) is 0.164. The van der Waals surface area contributed by atoms with Crippen LogP contribution in [0.15, 0.2) is 35.9 Å². The fourth-order valence-electron chi connectivity index (χ4n) is 9.55. The van der Waals surface area contributed by atoms with Gasteiger partial charge >= 0.3 is 12.1 Å². The molecule has 6 rings (SSSR count). The largest absolute Gasteiger partial charge is 0.495 e. The van der Waals surface area contributed by atoms with Crippen molar-refractivity contribution in [1.29, 1.82) is 0 Å². The Labute approximate surface area is 395 Å². The molecule has 8 atom stereocenters. The van der Waals surface area contributed by atoms with Crippen molar-refractivity contribution in [2.24, 2.45) is 17.8 Å². The van der Waals surface area contributed by atoms with Gasteiger partial charge in [0.05, 0.1) is 30.6 Å². The summed E-state index contributed by atoms with van der Waals surface area (Å²) >= 11 is 8.02. The molecule has 0 aromatic heterocycles. The Morgan fingerprint density at radius 1 is 1.08 bits per heavy atom. The molecule has 17 nitrogen and oxygen atoms in total. The van der Waals surface area contributed by atoms with Crippen molar-refractivity contribution in [3.8, 4) is 5.75 Å². The van der Waals surface area contributed by atoms with E-state index in [9.17, 15) is 38.7 Å². The van der Waals surface area contributed by atoms with E-state index in [0.29, 0.717) is 24.4 Å². The lowest BCUT2D eigenvalue weighted by Crippen LogP contribution is -2.63. The second-order valence-electron chi connectivity index (χ2n) is 18.5. The molecule has 66 heavy (non-hydrogen) atoms. The number of ether oxygens (including phenoxy) is 5. The minimum Gasteiger partial charge on any atom is -0.495 e. The first-order chi connectivity index (χ1) is 31.2. The van der Waals surface area contributed by atoms with Gasteiger partial charge in [0.2, 0.25) is 23.6 Å². The number of carbonyl (C=O) groups is 7. The highest BCUT2D eigenvalue weighted by Gasteiger charge is 2.64. The number of epoxide rings is 1. The lowest BCUT2D eigenvalue weighted by molar-refractivity contribution is -0.157. The number of benzene rings is 1. The Morgan fingerprint density at radius 2 is 1.79 bits per heavy atom. The molecule has 19 heteroatoms. The number of nitrogens with zero attached hydrogens (tertiary/aromatic N) is 3. The van der Waals surface area contributed by atoms with Crippen LogP contribution in [0.1, 0.15) is 84.6 Å². The lowest BCUT2D eigenvalue weighted by Gasteiger charge is -2.42. The number of aliphatic hydroxyl groups is 1. The molecular formula is C47H63ClN4O13S. The van der Waals surface area contributed by atoms with Crippen molar-refractivity contribution >= 4 is 70.5 Å². The molecule has 5 aliphatic rings. The third-order valence-corrected chi connectivity index (χ3v) is 15.3. The number of alkyl carbamates (subject to hydrolysis) is 1. The SMILES string of the molecule is COc1cc2cc(c1Cl)N(C)C(=O)C[C@H](OC(=O)CN(C)C(=O)CCS[C@@H]1CC(=O)N(CC3CCC(C(C)=O)CC3)C1=O)[C@]1(C)O[C@H]1[C@H](C)[C@@H]1C[C@@](O)(NC(=O)O1)[C@H](OC)/C=C/C=C(\C)C2. The molecule has 362 valence electrons. The summed E-state index contributed by atoms with van der Waals surface area (Å²) in [7, 11) is 5.88. The van der Waals surface area contributed by atoms with E-state index >= 15 is 0 Å². The Bertz CT molecular complexity index is 2130. The van der Waals surface area contributed by atoms with Crippen molar-refractivity contribution in [2.75, 3.05) is 52.1 Å². The number of allylic oxidation sites excluding steroid dienone is 3. The molecular weight excluding hydrogens is 896 g/mol. The number of ketones is 1. The van der Waals surface area contributed by atoms with E-state index in [2.05, 4.69) is 5.32 Å². The zero-order valence-electron chi connectivity index (χ0n) is 39.0. The van der Waals surface area contributed by atoms with Crippen LogP contribution in [-0.4, -0.2) is 145 Å². The zero-order chi connectivity index (χ0) is 48.2. The fourth-order valence-corrected chi connectivity index (χ4v) is 11.0. The summed E-state index contributed by atoms with van der Waals surface area (Å²) in [6, 6.07) is 3.54. The fraction of sp³-hybridized carbons (Fsp3) is 0.638. The van der Waals surface area contributed by atoms with E-state index in [0.717, 1.165) is 36.8 Å². The number of likely N-dealkylation sites (tertiary alicyclic amines) is 1. The van der Waals surface area contributed by atoms with E-state index in [1.807, 2.05) is 13.0 Å². The van der Waals surface area contributed by atoms with Crippen LogP contribution >= 0.6 is 23.4 Å². The number of esters is 1. The normalized spacial score (nSPS) is 32.9. The zero-order valence-corrected chi connectivity index (χ0v) is 40.5. The Balaban J connectivity index is 1.14. The molecule has 5 amide bonds. The van der Waals surface area contributed by atoms with E-state index in [1.54, 1.807) is 52.1 Å². The van der Waals surface area contributed by atoms with Crippen molar-refractivity contribution in [3.63, 3.8) is 0 Å². The van der Waals surface area contributed by atoms with E-state index < -0.39 is 77.3 Å². The number of likely N-dealkylation sites (N-methyl/N-ethyl adjacent to an activating group) is 1. The predicted octanol–water partition coefficient (Wildman–Crippen LogP) is 4.77. The van der Waals surface area contributed by atoms with Gasteiger partial charge in [-0.3, -0.25) is 39.0 Å². The second-order valence-corrected chi connectivity index (χ2v) is 20.2. The third kappa shape index (κ3) is 11.6. The van der Waals surface area contributed by atoms with Crippen LogP contribution < -0.4 is 15.0 Å². The molecule has 1 aromatic carbocycles. The molecule has 1 saturated carbocycles. The topological polar surface area (TPSA) is 211 Å². The molecule has 4 fully saturated rings. The average Bonchev–Trinajstić information content (AvgIpc) is 3.89. The van der Waals surface area contributed by atoms with Crippen molar-refractivity contribution < 1.29 is 62.4 Å². The summed E-state index contributed by atoms with van der Waals surface area (Å²) in [5, 5.41) is 13.9. The van der Waals surface area contributed by atoms with Crippen LogP contribution in [0.4, 0.5) is 10.5 Å². The molecule has 4 heterocycles. The maximum Gasteiger partial charge on any atom is 0.409 e. The summed E-state index contributed by atoms with van der Waals surface area (Å²) in [6.45, 7) is 6.84. The number of fused-ring (bicyclic) bond motifs is 5. The highest BCUT2D eigenvalue weighted by atomic mass is 35.5. The Morgan fingerprint density at radius 3 is 2.45 bits per heavy atom. The number of Topliss-reactive ketones (excluding diaryl/α,β-unsaturated/α-hetero) is 1. The summed E-state index contributed by atoms with van der Waals surface area (Å²) in [5.74, 6) is -1.82. The predicted molar refractivity (Wildman–Crippen MR) is 245 cm³/mol. The molecule has 0 unspecified atom stereocenters. The van der Waals surface area contributed by atoms with Crippen LogP contribution in [0.5, 0.6) is 5.75 Å². The number of halogens is 1.